The molecule has 1 aliphatic carbocycles. The third-order valence-corrected chi connectivity index (χ3v) is 4.30. The lowest BCUT2D eigenvalue weighted by atomic mass is 9.88. The fourth-order valence-corrected chi connectivity index (χ4v) is 3.10. The summed E-state index contributed by atoms with van der Waals surface area (Å²) < 4.78 is 1.07. The van der Waals surface area contributed by atoms with Crippen molar-refractivity contribution in [2.75, 3.05) is 5.32 Å². The molecule has 1 fully saturated rings. The van der Waals surface area contributed by atoms with Gasteiger partial charge in [-0.05, 0) is 31.0 Å². The summed E-state index contributed by atoms with van der Waals surface area (Å²) in [4.78, 5) is 27.5. The van der Waals surface area contributed by atoms with Crippen molar-refractivity contribution in [3.05, 3.63) is 23.7 Å². The number of carbonyl (C=O) groups is 2. The highest BCUT2D eigenvalue weighted by Gasteiger charge is 2.24. The molecule has 1 N–H and O–H groups in total. The van der Waals surface area contributed by atoms with E-state index in [-0.39, 0.29) is 17.6 Å². The van der Waals surface area contributed by atoms with Crippen molar-refractivity contribution in [2.45, 2.75) is 25.7 Å². The molecule has 0 aliphatic heterocycles. The van der Waals surface area contributed by atoms with Crippen molar-refractivity contribution in [1.82, 2.24) is 4.98 Å². The summed E-state index contributed by atoms with van der Waals surface area (Å²) in [5.74, 6) is 0.265. The fourth-order valence-electron chi connectivity index (χ4n) is 2.38. The molecular formula is C14H14N2O2S. The highest BCUT2D eigenvalue weighted by molar-refractivity contribution is 7.16. The van der Waals surface area contributed by atoms with Gasteiger partial charge in [0, 0.05) is 24.4 Å². The van der Waals surface area contributed by atoms with E-state index >= 15 is 0 Å². The molecule has 3 rings (SSSR count). The maximum Gasteiger partial charge on any atom is 0.227 e. The van der Waals surface area contributed by atoms with Crippen molar-refractivity contribution in [1.29, 1.82) is 0 Å². The van der Waals surface area contributed by atoms with Crippen LogP contribution in [-0.4, -0.2) is 16.7 Å². The van der Waals surface area contributed by atoms with Gasteiger partial charge in [0.2, 0.25) is 5.91 Å². The van der Waals surface area contributed by atoms with Crippen molar-refractivity contribution >= 4 is 38.9 Å². The largest absolute Gasteiger partial charge is 0.326 e. The van der Waals surface area contributed by atoms with Gasteiger partial charge in [-0.3, -0.25) is 9.59 Å². The van der Waals surface area contributed by atoms with Gasteiger partial charge in [0.25, 0.3) is 0 Å². The number of anilines is 1. The van der Waals surface area contributed by atoms with E-state index in [0.29, 0.717) is 25.7 Å². The average molecular weight is 274 g/mol. The Hall–Kier alpha value is -1.75. The molecule has 0 bridgehead atoms. The number of rotatable bonds is 2. The highest BCUT2D eigenvalue weighted by Crippen LogP contribution is 2.25. The molecule has 0 radical (unpaired) electrons. The van der Waals surface area contributed by atoms with E-state index in [0.717, 1.165) is 15.9 Å². The molecule has 0 atom stereocenters. The Morgan fingerprint density at radius 1 is 1.32 bits per heavy atom. The third-order valence-electron chi connectivity index (χ3n) is 3.51. The molecule has 1 aliphatic rings. The first-order chi connectivity index (χ1) is 9.22. The Morgan fingerprint density at radius 3 is 2.89 bits per heavy atom. The molecule has 1 heterocycles. The molecule has 1 amide bonds. The Labute approximate surface area is 114 Å². The van der Waals surface area contributed by atoms with Crippen LogP contribution in [0.25, 0.3) is 10.2 Å². The second-order valence-electron chi connectivity index (χ2n) is 4.84. The van der Waals surface area contributed by atoms with Gasteiger partial charge in [0.1, 0.15) is 5.78 Å². The molecule has 1 aromatic heterocycles. The van der Waals surface area contributed by atoms with E-state index in [2.05, 4.69) is 10.3 Å². The van der Waals surface area contributed by atoms with Crippen LogP contribution in [-0.2, 0) is 9.59 Å². The molecule has 98 valence electrons. The number of hydrogen-bond donors (Lipinski definition) is 1. The smallest absolute Gasteiger partial charge is 0.227 e. The van der Waals surface area contributed by atoms with Gasteiger partial charge in [0.15, 0.2) is 0 Å². The van der Waals surface area contributed by atoms with Gasteiger partial charge in [-0.1, -0.05) is 0 Å². The van der Waals surface area contributed by atoms with Gasteiger partial charge in [0.05, 0.1) is 15.7 Å². The lowest BCUT2D eigenvalue weighted by Crippen LogP contribution is -2.27. The first-order valence-electron chi connectivity index (χ1n) is 6.38. The van der Waals surface area contributed by atoms with Crippen LogP contribution in [0.4, 0.5) is 5.69 Å². The lowest BCUT2D eigenvalue weighted by Gasteiger charge is -2.20. The van der Waals surface area contributed by atoms with E-state index < -0.39 is 0 Å². The SMILES string of the molecule is O=C1CCC(C(=O)Nc2ccc3ncsc3c2)CC1. The van der Waals surface area contributed by atoms with Gasteiger partial charge in [-0.25, -0.2) is 4.98 Å². The lowest BCUT2D eigenvalue weighted by molar-refractivity contribution is -0.125. The highest BCUT2D eigenvalue weighted by atomic mass is 32.1. The topological polar surface area (TPSA) is 59.1 Å². The predicted molar refractivity (Wildman–Crippen MR) is 75.2 cm³/mol. The summed E-state index contributed by atoms with van der Waals surface area (Å²) in [7, 11) is 0. The van der Waals surface area contributed by atoms with Crippen molar-refractivity contribution in [3.8, 4) is 0 Å². The average Bonchev–Trinajstić information content (AvgIpc) is 2.87. The minimum absolute atomic E-state index is 0.0244. The van der Waals surface area contributed by atoms with E-state index in [1.54, 1.807) is 16.8 Å². The number of Topliss-reactive ketones (excluding diaryl/α,β-unsaturated/α-hetero) is 1. The number of nitrogens with zero attached hydrogens (tertiary/aromatic N) is 1. The molecule has 2 aromatic rings. The molecule has 0 unspecified atom stereocenters. The van der Waals surface area contributed by atoms with Crippen LogP contribution in [0.2, 0.25) is 0 Å². The first kappa shape index (κ1) is 12.3. The summed E-state index contributed by atoms with van der Waals surface area (Å²) in [5, 5.41) is 2.94. The summed E-state index contributed by atoms with van der Waals surface area (Å²) in [6.45, 7) is 0. The second kappa shape index (κ2) is 5.09. The van der Waals surface area contributed by atoms with Crippen LogP contribution in [0.15, 0.2) is 23.7 Å². The molecule has 19 heavy (non-hydrogen) atoms. The molecule has 1 saturated carbocycles. The number of hydrogen-bond acceptors (Lipinski definition) is 4. The molecule has 4 nitrogen and oxygen atoms in total. The van der Waals surface area contributed by atoms with Gasteiger partial charge in [-0.2, -0.15) is 0 Å². The summed E-state index contributed by atoms with van der Waals surface area (Å²) in [5.41, 5.74) is 3.55. The molecule has 1 aromatic carbocycles. The van der Waals surface area contributed by atoms with Gasteiger partial charge < -0.3 is 5.32 Å². The van der Waals surface area contributed by atoms with Crippen LogP contribution in [0.3, 0.4) is 0 Å². The zero-order chi connectivity index (χ0) is 13.2. The molecule has 0 saturated heterocycles. The van der Waals surface area contributed by atoms with Crippen molar-refractivity contribution in [3.63, 3.8) is 0 Å². The van der Waals surface area contributed by atoms with Crippen LogP contribution in [0, 0.1) is 5.92 Å². The number of carbonyl (C=O) groups excluding carboxylic acids is 2. The number of aromatic nitrogens is 1. The van der Waals surface area contributed by atoms with Crippen LogP contribution >= 0.6 is 11.3 Å². The third kappa shape index (κ3) is 2.66. The number of nitrogens with one attached hydrogen (secondary N) is 1. The molecule has 0 spiro atoms. The van der Waals surface area contributed by atoms with Crippen molar-refractivity contribution < 1.29 is 9.59 Å². The minimum atomic E-state index is -0.0325. The maximum atomic E-state index is 12.1. The summed E-state index contributed by atoms with van der Waals surface area (Å²) in [6.07, 6.45) is 2.42. The van der Waals surface area contributed by atoms with Crippen molar-refractivity contribution in [2.24, 2.45) is 5.92 Å². The van der Waals surface area contributed by atoms with E-state index in [9.17, 15) is 9.59 Å². The van der Waals surface area contributed by atoms with Crippen LogP contribution in [0.5, 0.6) is 0 Å². The molecule has 5 heteroatoms. The number of amides is 1. The second-order valence-corrected chi connectivity index (χ2v) is 5.72. The van der Waals surface area contributed by atoms with Gasteiger partial charge in [-0.15, -0.1) is 11.3 Å². The summed E-state index contributed by atoms with van der Waals surface area (Å²) >= 11 is 1.56. The van der Waals surface area contributed by atoms with E-state index in [4.69, 9.17) is 0 Å². The zero-order valence-electron chi connectivity index (χ0n) is 10.4. The zero-order valence-corrected chi connectivity index (χ0v) is 11.2. The Morgan fingerprint density at radius 2 is 2.11 bits per heavy atom. The van der Waals surface area contributed by atoms with Gasteiger partial charge >= 0.3 is 0 Å². The minimum Gasteiger partial charge on any atom is -0.326 e. The predicted octanol–water partition coefficient (Wildman–Crippen LogP) is 2.99. The normalized spacial score (nSPS) is 16.7. The van der Waals surface area contributed by atoms with Crippen LogP contribution < -0.4 is 5.32 Å². The van der Waals surface area contributed by atoms with Crippen LogP contribution in [0.1, 0.15) is 25.7 Å². The van der Waals surface area contributed by atoms with E-state index in [1.165, 1.54) is 0 Å². The summed E-state index contributed by atoms with van der Waals surface area (Å²) in [6, 6.07) is 5.72. The Balaban J connectivity index is 1.70. The number of thiazole rings is 1. The first-order valence-corrected chi connectivity index (χ1v) is 7.26. The number of fused-ring (bicyclic) bond motifs is 1. The van der Waals surface area contributed by atoms with E-state index in [1.807, 2.05) is 18.2 Å². The fraction of sp³-hybridized carbons (Fsp3) is 0.357. The standard InChI is InChI=1S/C14H14N2O2S/c17-11-4-1-9(2-5-11)14(18)16-10-3-6-12-13(7-10)19-8-15-12/h3,6-9H,1-2,4-5H2,(H,16,18). The Kier molecular flexibility index (Phi) is 3.29. The Bertz CT molecular complexity index is 625. The maximum absolute atomic E-state index is 12.1. The number of ketones is 1. The monoisotopic (exact) mass is 274 g/mol. The number of benzene rings is 1. The quantitative estimate of drug-likeness (QED) is 0.915. The molecular weight excluding hydrogens is 260 g/mol.